The van der Waals surface area contributed by atoms with E-state index in [9.17, 15) is 23.9 Å². The summed E-state index contributed by atoms with van der Waals surface area (Å²) in [6, 6.07) is 4.77. The number of piperazine rings is 1. The molecule has 8 rings (SSSR count). The van der Waals surface area contributed by atoms with E-state index >= 15 is 8.78 Å². The highest BCUT2D eigenvalue weighted by Gasteiger charge is 2.50. The monoisotopic (exact) mass is 1070 g/mol. The number of carbonyl (C=O) groups excluding carboxylic acids is 2. The molecule has 1 N–H and O–H groups in total. The minimum absolute atomic E-state index is 0.00475. The van der Waals surface area contributed by atoms with Crippen molar-refractivity contribution in [2.45, 2.75) is 167 Å². The van der Waals surface area contributed by atoms with Gasteiger partial charge in [0.15, 0.2) is 5.82 Å². The van der Waals surface area contributed by atoms with E-state index in [1.54, 1.807) is 46.8 Å². The maximum Gasteiger partial charge on any atom is 0.411 e. The number of amides is 1. The van der Waals surface area contributed by atoms with Gasteiger partial charge < -0.3 is 29.0 Å². The molecule has 2 bridgehead atoms. The van der Waals surface area contributed by atoms with Crippen LogP contribution in [0.25, 0.3) is 32.9 Å². The van der Waals surface area contributed by atoms with Crippen LogP contribution in [0.4, 0.5) is 23.8 Å². The van der Waals surface area contributed by atoms with Crippen molar-refractivity contribution in [2.24, 2.45) is 5.92 Å². The highest BCUT2D eigenvalue weighted by molar-refractivity contribution is 6.90. The number of carboxylic acid groups (broad SMARTS) is 1. The first-order chi connectivity index (χ1) is 35.8. The number of pyridine rings is 1. The van der Waals surface area contributed by atoms with Gasteiger partial charge in [-0.25, -0.2) is 22.8 Å². The molecule has 4 saturated heterocycles. The van der Waals surface area contributed by atoms with Crippen LogP contribution >= 0.6 is 0 Å². The van der Waals surface area contributed by atoms with Gasteiger partial charge in [0.2, 0.25) is 0 Å². The van der Waals surface area contributed by atoms with Crippen LogP contribution in [-0.4, -0.2) is 149 Å². The number of ether oxygens (including phenoxy) is 4. The number of carboxylic acids is 1. The number of benzene rings is 2. The molecule has 2 aromatic carbocycles. The first-order valence-electron chi connectivity index (χ1n) is 27.0. The summed E-state index contributed by atoms with van der Waals surface area (Å²) in [4.78, 5) is 60.3. The highest BCUT2D eigenvalue weighted by atomic mass is 28.3. The number of carbonyl (C=O) groups is 3. The predicted molar refractivity (Wildman–Crippen MR) is 289 cm³/mol. The molecule has 4 aromatic rings. The Labute approximate surface area is 446 Å². The fraction of sp³-hybridized carbons (Fsp3) is 0.614. The van der Waals surface area contributed by atoms with Gasteiger partial charge in [0.25, 0.3) is 0 Å². The van der Waals surface area contributed by atoms with Gasteiger partial charge in [-0.3, -0.25) is 24.5 Å². The zero-order valence-electron chi connectivity index (χ0n) is 46.3. The molecule has 0 radical (unpaired) electrons. The average molecular weight is 1070 g/mol. The second-order valence-electron chi connectivity index (χ2n) is 23.7. The van der Waals surface area contributed by atoms with Crippen LogP contribution in [-0.2, 0) is 19.1 Å². The molecule has 15 nitrogen and oxygen atoms in total. The number of nitrogens with zero attached hydrogens (tertiary/aromatic N) is 7. The van der Waals surface area contributed by atoms with Crippen LogP contribution in [0.15, 0.2) is 30.5 Å². The lowest BCUT2D eigenvalue weighted by Crippen LogP contribution is -2.55. The van der Waals surface area contributed by atoms with Crippen molar-refractivity contribution in [1.29, 1.82) is 0 Å². The quantitative estimate of drug-likeness (QED) is 0.0350. The van der Waals surface area contributed by atoms with Gasteiger partial charge in [-0.2, -0.15) is 9.97 Å². The van der Waals surface area contributed by atoms with E-state index in [0.717, 1.165) is 32.2 Å². The van der Waals surface area contributed by atoms with E-state index in [0.29, 0.717) is 48.0 Å². The summed E-state index contributed by atoms with van der Waals surface area (Å²) < 4.78 is 73.4. The second-order valence-corrected chi connectivity index (χ2v) is 29.2. The molecule has 76 heavy (non-hydrogen) atoms. The highest BCUT2D eigenvalue weighted by Crippen LogP contribution is 2.44. The molecular formula is C57H76F3N7O8Si. The molecule has 5 atom stereocenters. The lowest BCUT2D eigenvalue weighted by molar-refractivity contribution is -0.145. The zero-order chi connectivity index (χ0) is 55.2. The standard InChI is InChI=1S/C57H76F3N7O8Si/c1-33(2)51(53(69)70)66(55(71)75-56(10,11)12)21-22-72-32-67-40-15-16-41(67)30-64(29-40)52-45-27-61-49(48(60)50(45)62-54(63-52)73-31-57-19-13-20-65(57)28-39(58)26-57)44-25-42(74-37(9)68)24-38-14-17-46(59)43(47(38)44)18-23-76(34(3)4,35(5)6)36(7)8/h14,17,24-25,27,33-36,39-41,51H,13,15-16,19-22,26,28-32H2,1-12H3,(H,69,70)/t39-,40-,41+,51+,57+/m1/s1. The third-order valence-electron chi connectivity index (χ3n) is 16.2. The van der Waals surface area contributed by atoms with Gasteiger partial charge in [-0.15, -0.1) is 5.54 Å². The Morgan fingerprint density at radius 3 is 2.28 bits per heavy atom. The van der Waals surface area contributed by atoms with Gasteiger partial charge in [0.1, 0.15) is 61.1 Å². The Morgan fingerprint density at radius 2 is 1.66 bits per heavy atom. The van der Waals surface area contributed by atoms with Crippen LogP contribution < -0.4 is 14.4 Å². The first-order valence-corrected chi connectivity index (χ1v) is 29.2. The fourth-order valence-corrected chi connectivity index (χ4v) is 18.1. The number of esters is 1. The summed E-state index contributed by atoms with van der Waals surface area (Å²) in [6.07, 6.45) is 3.40. The summed E-state index contributed by atoms with van der Waals surface area (Å²) in [5, 5.41) is 11.2. The van der Waals surface area contributed by atoms with Crippen molar-refractivity contribution in [3.05, 3.63) is 47.7 Å². The number of rotatable bonds is 17. The number of alkyl halides is 1. The number of fused-ring (bicyclic) bond motifs is 5. The molecular weight excluding hydrogens is 996 g/mol. The number of aliphatic carboxylic acids is 1. The maximum atomic E-state index is 18.1. The third-order valence-corrected chi connectivity index (χ3v) is 22.5. The van der Waals surface area contributed by atoms with E-state index < -0.39 is 61.1 Å². The number of anilines is 1. The van der Waals surface area contributed by atoms with E-state index in [1.165, 1.54) is 30.2 Å². The molecule has 0 saturated carbocycles. The smallest absolute Gasteiger partial charge is 0.411 e. The van der Waals surface area contributed by atoms with Gasteiger partial charge in [0.05, 0.1) is 29.8 Å². The Kier molecular flexibility index (Phi) is 16.7. The molecule has 1 amide bonds. The van der Waals surface area contributed by atoms with E-state index in [-0.39, 0.29) is 95.2 Å². The fourth-order valence-electron chi connectivity index (χ4n) is 12.9. The van der Waals surface area contributed by atoms with Crippen molar-refractivity contribution in [1.82, 2.24) is 29.7 Å². The molecule has 412 valence electrons. The predicted octanol–water partition coefficient (Wildman–Crippen LogP) is 10.5. The molecule has 4 aliphatic heterocycles. The normalized spacial score (nSPS) is 21.5. The average Bonchev–Trinajstić information content (AvgIpc) is 3.96. The summed E-state index contributed by atoms with van der Waals surface area (Å²) in [7, 11) is -2.39. The minimum atomic E-state index is -2.39. The Bertz CT molecular complexity index is 2870. The lowest BCUT2D eigenvalue weighted by Gasteiger charge is -2.41. The summed E-state index contributed by atoms with van der Waals surface area (Å²) in [5.41, 5.74) is 3.04. The van der Waals surface area contributed by atoms with Crippen molar-refractivity contribution in [3.63, 3.8) is 0 Å². The van der Waals surface area contributed by atoms with Crippen LogP contribution in [0.5, 0.6) is 11.8 Å². The number of hydrogen-bond donors (Lipinski definition) is 1. The Hall–Kier alpha value is -5.55. The van der Waals surface area contributed by atoms with Crippen molar-refractivity contribution >= 4 is 53.6 Å². The largest absolute Gasteiger partial charge is 0.480 e. The Morgan fingerprint density at radius 1 is 0.974 bits per heavy atom. The molecule has 2 aromatic heterocycles. The summed E-state index contributed by atoms with van der Waals surface area (Å²) in [5.74, 6) is 0.300. The zero-order valence-corrected chi connectivity index (χ0v) is 47.3. The van der Waals surface area contributed by atoms with Crippen molar-refractivity contribution < 1.29 is 51.6 Å². The van der Waals surface area contributed by atoms with Crippen molar-refractivity contribution in [2.75, 3.05) is 57.6 Å². The third kappa shape index (κ3) is 11.4. The molecule has 4 aliphatic rings. The van der Waals surface area contributed by atoms with E-state index in [2.05, 4.69) is 67.7 Å². The first kappa shape index (κ1) is 56.6. The maximum absolute atomic E-state index is 18.1. The molecule has 0 spiro atoms. The minimum Gasteiger partial charge on any atom is -0.480 e. The van der Waals surface area contributed by atoms with Gasteiger partial charge in [-0.1, -0.05) is 67.4 Å². The molecule has 0 aliphatic carbocycles. The van der Waals surface area contributed by atoms with Crippen LogP contribution in [0.2, 0.25) is 16.6 Å². The van der Waals surface area contributed by atoms with Gasteiger partial charge in [0, 0.05) is 68.8 Å². The number of aromatic nitrogens is 3. The summed E-state index contributed by atoms with van der Waals surface area (Å²) in [6.45, 7) is 25.4. The molecule has 0 unspecified atom stereocenters. The number of hydrogen-bond acceptors (Lipinski definition) is 13. The topological polar surface area (TPSA) is 160 Å². The van der Waals surface area contributed by atoms with E-state index in [4.69, 9.17) is 33.9 Å². The van der Waals surface area contributed by atoms with Crippen LogP contribution in [0.3, 0.4) is 0 Å². The Balaban J connectivity index is 1.17. The van der Waals surface area contributed by atoms with Gasteiger partial charge >= 0.3 is 24.0 Å². The van der Waals surface area contributed by atoms with Crippen molar-refractivity contribution in [3.8, 4) is 34.5 Å². The van der Waals surface area contributed by atoms with Gasteiger partial charge in [-0.05, 0) is 99.1 Å². The SMILES string of the molecule is CC(=O)Oc1cc(-c2ncc3c(N4C[C@H]5CC[C@@H](C4)N5COCCN(C(=O)OC(C)(C)C)[C@H](C(=O)O)C(C)C)nc(OC[C@@]45CCCN4C[C@H](F)C5)nc3c2F)c2c(C#C[Si](C(C)C)(C(C)C)C(C)C)c(F)ccc2c1. The molecule has 6 heterocycles. The van der Waals surface area contributed by atoms with E-state index in [1.807, 2.05) is 0 Å². The van der Waals surface area contributed by atoms with Crippen LogP contribution in [0, 0.1) is 29.0 Å². The second kappa shape index (κ2) is 22.4. The molecule has 19 heteroatoms. The molecule has 4 fully saturated rings. The summed E-state index contributed by atoms with van der Waals surface area (Å²) >= 11 is 0. The lowest BCUT2D eigenvalue weighted by atomic mass is 9.95. The number of halogens is 3. The van der Waals surface area contributed by atoms with Crippen LogP contribution in [0.1, 0.15) is 121 Å².